The number of carboxylic acids is 1. The Morgan fingerprint density at radius 2 is 2.23 bits per heavy atom. The molecule has 1 rings (SSSR count). The number of hydrogen-bond acceptors (Lipinski definition) is 1. The van der Waals surface area contributed by atoms with Gasteiger partial charge in [-0.25, -0.2) is 4.79 Å². The molecule has 1 aromatic heterocycles. The number of carbonyl (C=O) groups is 1. The molecule has 0 fully saturated rings. The van der Waals surface area contributed by atoms with Gasteiger partial charge in [0.05, 0.1) is 0 Å². The standard InChI is InChI=1S/C10H15NO2/c1-7(2)3-4-8-5-6-9(11-8)10(12)13/h5-7,11H,3-4H2,1-2H3,(H,12,13). The lowest BCUT2D eigenvalue weighted by Gasteiger charge is -2.01. The van der Waals surface area contributed by atoms with Crippen molar-refractivity contribution in [2.24, 2.45) is 5.92 Å². The SMILES string of the molecule is CC(C)CCc1ccc(C(=O)O)[nH]1. The number of hydrogen-bond donors (Lipinski definition) is 2. The van der Waals surface area contributed by atoms with E-state index >= 15 is 0 Å². The fourth-order valence-electron chi connectivity index (χ4n) is 1.16. The van der Waals surface area contributed by atoms with Crippen LogP contribution in [0.15, 0.2) is 12.1 Å². The van der Waals surface area contributed by atoms with Gasteiger partial charge in [-0.2, -0.15) is 0 Å². The van der Waals surface area contributed by atoms with E-state index in [1.54, 1.807) is 6.07 Å². The Morgan fingerprint density at radius 1 is 1.54 bits per heavy atom. The fourth-order valence-corrected chi connectivity index (χ4v) is 1.16. The van der Waals surface area contributed by atoms with Crippen LogP contribution < -0.4 is 0 Å². The molecule has 0 bridgehead atoms. The average molecular weight is 181 g/mol. The molecule has 3 nitrogen and oxygen atoms in total. The summed E-state index contributed by atoms with van der Waals surface area (Å²) >= 11 is 0. The average Bonchev–Trinajstić information content (AvgIpc) is 2.48. The van der Waals surface area contributed by atoms with E-state index in [0.717, 1.165) is 18.5 Å². The smallest absolute Gasteiger partial charge is 0.352 e. The molecule has 0 aromatic carbocycles. The van der Waals surface area contributed by atoms with Crippen molar-refractivity contribution in [1.82, 2.24) is 4.98 Å². The first-order chi connectivity index (χ1) is 6.09. The number of carboxylic acid groups (broad SMARTS) is 1. The number of rotatable bonds is 4. The van der Waals surface area contributed by atoms with Crippen LogP contribution in [0.2, 0.25) is 0 Å². The van der Waals surface area contributed by atoms with E-state index in [1.165, 1.54) is 0 Å². The molecule has 0 atom stereocenters. The summed E-state index contributed by atoms with van der Waals surface area (Å²) in [6, 6.07) is 3.45. The number of aromatic amines is 1. The van der Waals surface area contributed by atoms with Crippen molar-refractivity contribution in [2.45, 2.75) is 26.7 Å². The number of aromatic nitrogens is 1. The lowest BCUT2D eigenvalue weighted by Crippen LogP contribution is -1.97. The summed E-state index contributed by atoms with van der Waals surface area (Å²) in [4.78, 5) is 13.4. The second kappa shape index (κ2) is 4.12. The monoisotopic (exact) mass is 181 g/mol. The quantitative estimate of drug-likeness (QED) is 0.748. The highest BCUT2D eigenvalue weighted by molar-refractivity contribution is 5.85. The summed E-state index contributed by atoms with van der Waals surface area (Å²) in [5.74, 6) is -0.243. The fraction of sp³-hybridized carbons (Fsp3) is 0.500. The second-order valence-electron chi connectivity index (χ2n) is 3.63. The number of aryl methyl sites for hydroxylation is 1. The van der Waals surface area contributed by atoms with Crippen LogP contribution in [0.25, 0.3) is 0 Å². The van der Waals surface area contributed by atoms with Crippen molar-refractivity contribution in [2.75, 3.05) is 0 Å². The molecule has 2 N–H and O–H groups in total. The predicted octanol–water partition coefficient (Wildman–Crippen LogP) is 2.30. The zero-order valence-corrected chi connectivity index (χ0v) is 8.00. The number of aromatic carboxylic acids is 1. The molecule has 0 saturated carbocycles. The highest BCUT2D eigenvalue weighted by Gasteiger charge is 2.05. The van der Waals surface area contributed by atoms with Gasteiger partial charge < -0.3 is 10.1 Å². The molecule has 13 heavy (non-hydrogen) atoms. The zero-order valence-electron chi connectivity index (χ0n) is 8.00. The Hall–Kier alpha value is -1.25. The molecule has 0 saturated heterocycles. The molecule has 0 aliphatic heterocycles. The van der Waals surface area contributed by atoms with Crippen LogP contribution in [0.4, 0.5) is 0 Å². The van der Waals surface area contributed by atoms with E-state index < -0.39 is 5.97 Å². The Bertz CT molecular complexity index is 289. The summed E-state index contributed by atoms with van der Waals surface area (Å²) in [6.07, 6.45) is 2.00. The largest absolute Gasteiger partial charge is 0.477 e. The lowest BCUT2D eigenvalue weighted by atomic mass is 10.1. The van der Waals surface area contributed by atoms with Crippen molar-refractivity contribution >= 4 is 5.97 Å². The van der Waals surface area contributed by atoms with E-state index in [4.69, 9.17) is 5.11 Å². The second-order valence-corrected chi connectivity index (χ2v) is 3.63. The van der Waals surface area contributed by atoms with Gasteiger partial charge in [0.2, 0.25) is 0 Å². The summed E-state index contributed by atoms with van der Waals surface area (Å²) in [5.41, 5.74) is 1.28. The maximum atomic E-state index is 10.5. The summed E-state index contributed by atoms with van der Waals surface area (Å²) in [7, 11) is 0. The first-order valence-electron chi connectivity index (χ1n) is 4.50. The van der Waals surface area contributed by atoms with Crippen molar-refractivity contribution in [3.05, 3.63) is 23.5 Å². The van der Waals surface area contributed by atoms with Crippen LogP contribution in [-0.2, 0) is 6.42 Å². The van der Waals surface area contributed by atoms with E-state index in [-0.39, 0.29) is 5.69 Å². The zero-order chi connectivity index (χ0) is 9.84. The predicted molar refractivity (Wildman–Crippen MR) is 50.9 cm³/mol. The van der Waals surface area contributed by atoms with E-state index in [2.05, 4.69) is 18.8 Å². The first-order valence-corrected chi connectivity index (χ1v) is 4.50. The third kappa shape index (κ3) is 2.93. The minimum Gasteiger partial charge on any atom is -0.477 e. The molecule has 0 aliphatic carbocycles. The van der Waals surface area contributed by atoms with Gasteiger partial charge in [-0.05, 0) is 30.9 Å². The van der Waals surface area contributed by atoms with E-state index in [1.807, 2.05) is 6.07 Å². The Balaban J connectivity index is 2.54. The normalized spacial score (nSPS) is 10.7. The van der Waals surface area contributed by atoms with Crippen LogP contribution in [0.1, 0.15) is 36.5 Å². The molecule has 1 heterocycles. The van der Waals surface area contributed by atoms with Gasteiger partial charge in [0.15, 0.2) is 0 Å². The van der Waals surface area contributed by atoms with Crippen molar-refractivity contribution < 1.29 is 9.90 Å². The molecule has 0 aliphatic rings. The van der Waals surface area contributed by atoms with Gasteiger partial charge in [0.1, 0.15) is 5.69 Å². The third-order valence-electron chi connectivity index (χ3n) is 1.97. The van der Waals surface area contributed by atoms with Gasteiger partial charge in [-0.15, -0.1) is 0 Å². The molecule has 1 aromatic rings. The van der Waals surface area contributed by atoms with Crippen molar-refractivity contribution in [3.63, 3.8) is 0 Å². The summed E-state index contributed by atoms with van der Waals surface area (Å²) < 4.78 is 0. The number of H-pyrrole nitrogens is 1. The van der Waals surface area contributed by atoms with Crippen LogP contribution in [0.5, 0.6) is 0 Å². The van der Waals surface area contributed by atoms with Crippen LogP contribution in [0, 0.1) is 5.92 Å². The Morgan fingerprint density at radius 3 is 2.69 bits per heavy atom. The molecular formula is C10H15NO2. The summed E-state index contributed by atoms with van der Waals surface area (Å²) in [5, 5.41) is 8.64. The molecular weight excluding hydrogens is 166 g/mol. The minimum atomic E-state index is -0.893. The molecule has 0 amide bonds. The maximum absolute atomic E-state index is 10.5. The molecule has 0 unspecified atom stereocenters. The van der Waals surface area contributed by atoms with E-state index in [0.29, 0.717) is 5.92 Å². The van der Waals surface area contributed by atoms with Crippen LogP contribution in [0.3, 0.4) is 0 Å². The maximum Gasteiger partial charge on any atom is 0.352 e. The highest BCUT2D eigenvalue weighted by Crippen LogP contribution is 2.08. The molecule has 0 spiro atoms. The third-order valence-corrected chi connectivity index (χ3v) is 1.97. The molecule has 3 heteroatoms. The minimum absolute atomic E-state index is 0.277. The first kappa shape index (κ1) is 9.84. The Kier molecular flexibility index (Phi) is 3.12. The highest BCUT2D eigenvalue weighted by atomic mass is 16.4. The topological polar surface area (TPSA) is 53.1 Å². The van der Waals surface area contributed by atoms with Gasteiger partial charge in [-0.3, -0.25) is 0 Å². The van der Waals surface area contributed by atoms with Gasteiger partial charge >= 0.3 is 5.97 Å². The van der Waals surface area contributed by atoms with Crippen molar-refractivity contribution in [3.8, 4) is 0 Å². The van der Waals surface area contributed by atoms with E-state index in [9.17, 15) is 4.79 Å². The van der Waals surface area contributed by atoms with Crippen LogP contribution >= 0.6 is 0 Å². The summed E-state index contributed by atoms with van der Waals surface area (Å²) in [6.45, 7) is 4.31. The Labute approximate surface area is 77.8 Å². The number of nitrogens with one attached hydrogen (secondary N) is 1. The van der Waals surface area contributed by atoms with Gasteiger partial charge in [-0.1, -0.05) is 13.8 Å². The van der Waals surface area contributed by atoms with Gasteiger partial charge in [0.25, 0.3) is 0 Å². The lowest BCUT2D eigenvalue weighted by molar-refractivity contribution is 0.0691. The van der Waals surface area contributed by atoms with Crippen LogP contribution in [-0.4, -0.2) is 16.1 Å². The molecule has 0 radical (unpaired) electrons. The van der Waals surface area contributed by atoms with Crippen molar-refractivity contribution in [1.29, 1.82) is 0 Å². The van der Waals surface area contributed by atoms with Gasteiger partial charge in [0, 0.05) is 5.69 Å². The molecule has 72 valence electrons.